The van der Waals surface area contributed by atoms with E-state index in [1.807, 2.05) is 38.1 Å². The highest BCUT2D eigenvalue weighted by Gasteiger charge is 2.31. The summed E-state index contributed by atoms with van der Waals surface area (Å²) >= 11 is 0. The Bertz CT molecular complexity index is 786. The average molecular weight is 386 g/mol. The Labute approximate surface area is 167 Å². The van der Waals surface area contributed by atoms with Gasteiger partial charge in [-0.1, -0.05) is 56.3 Å². The van der Waals surface area contributed by atoms with Gasteiger partial charge in [0, 0.05) is 6.42 Å². The molecule has 5 heteroatoms. The number of rotatable bonds is 6. The number of carbonyl (C=O) groups is 1. The van der Waals surface area contributed by atoms with Crippen LogP contribution in [-0.2, 0) is 14.2 Å². The Kier molecular flexibility index (Phi) is 6.92. The molecule has 1 heterocycles. The molecule has 0 spiro atoms. The standard InChI is InChI=1S/C23H31NO4/c1-15(2)14-26-22-13-12-21(17(4)27-22)28-23(25)24-16(3)19-11-7-9-18-8-5-6-10-20(18)19/h5-11,15-17,21-22H,12-14H2,1-4H3,(H,24,25)/t16-,17-,21+,22-/m1/s1. The smallest absolute Gasteiger partial charge is 0.407 e. The van der Waals surface area contributed by atoms with Crippen LogP contribution in [0.5, 0.6) is 0 Å². The molecule has 28 heavy (non-hydrogen) atoms. The van der Waals surface area contributed by atoms with Crippen LogP contribution in [0.4, 0.5) is 4.79 Å². The van der Waals surface area contributed by atoms with E-state index in [1.54, 1.807) is 0 Å². The van der Waals surface area contributed by atoms with Crippen molar-refractivity contribution in [2.75, 3.05) is 6.61 Å². The number of nitrogens with one attached hydrogen (secondary N) is 1. The highest BCUT2D eigenvalue weighted by molar-refractivity contribution is 5.86. The van der Waals surface area contributed by atoms with Crippen LogP contribution in [0.3, 0.4) is 0 Å². The molecule has 0 aromatic heterocycles. The van der Waals surface area contributed by atoms with Gasteiger partial charge in [0.15, 0.2) is 6.29 Å². The van der Waals surface area contributed by atoms with Crippen molar-refractivity contribution in [3.8, 4) is 0 Å². The topological polar surface area (TPSA) is 56.8 Å². The van der Waals surface area contributed by atoms with Crippen molar-refractivity contribution in [1.29, 1.82) is 0 Å². The first-order valence-corrected chi connectivity index (χ1v) is 10.2. The maximum Gasteiger partial charge on any atom is 0.407 e. The van der Waals surface area contributed by atoms with Crippen LogP contribution in [-0.4, -0.2) is 31.2 Å². The molecule has 1 N–H and O–H groups in total. The summed E-state index contributed by atoms with van der Waals surface area (Å²) in [4.78, 5) is 12.5. The van der Waals surface area contributed by atoms with Crippen molar-refractivity contribution >= 4 is 16.9 Å². The van der Waals surface area contributed by atoms with Gasteiger partial charge in [0.2, 0.25) is 0 Å². The fourth-order valence-electron chi connectivity index (χ4n) is 3.56. The highest BCUT2D eigenvalue weighted by Crippen LogP contribution is 2.26. The molecular weight excluding hydrogens is 354 g/mol. The van der Waals surface area contributed by atoms with Crippen molar-refractivity contribution in [3.05, 3.63) is 48.0 Å². The maximum absolute atomic E-state index is 12.5. The number of fused-ring (bicyclic) bond motifs is 1. The van der Waals surface area contributed by atoms with Crippen molar-refractivity contribution in [3.63, 3.8) is 0 Å². The van der Waals surface area contributed by atoms with E-state index in [1.165, 1.54) is 0 Å². The number of benzene rings is 2. The van der Waals surface area contributed by atoms with Gasteiger partial charge in [-0.05, 0) is 42.5 Å². The number of ether oxygens (including phenoxy) is 3. The Morgan fingerprint density at radius 2 is 1.89 bits per heavy atom. The molecule has 4 atom stereocenters. The third-order valence-corrected chi connectivity index (χ3v) is 5.07. The van der Waals surface area contributed by atoms with E-state index in [2.05, 4.69) is 37.4 Å². The summed E-state index contributed by atoms with van der Waals surface area (Å²) in [5.74, 6) is 0.467. The lowest BCUT2D eigenvalue weighted by Gasteiger charge is -2.34. The number of alkyl carbamates (subject to hydrolysis) is 1. The normalized spacial score (nSPS) is 23.5. The monoisotopic (exact) mass is 385 g/mol. The summed E-state index contributed by atoms with van der Waals surface area (Å²) in [7, 11) is 0. The number of hydrogen-bond donors (Lipinski definition) is 1. The number of amides is 1. The first-order chi connectivity index (χ1) is 13.4. The van der Waals surface area contributed by atoms with Gasteiger partial charge in [-0.25, -0.2) is 4.79 Å². The third kappa shape index (κ3) is 5.24. The van der Waals surface area contributed by atoms with E-state index in [9.17, 15) is 4.79 Å². The van der Waals surface area contributed by atoms with Gasteiger partial charge in [0.05, 0.1) is 18.8 Å². The zero-order valence-electron chi connectivity index (χ0n) is 17.2. The molecule has 1 fully saturated rings. The van der Waals surface area contributed by atoms with Gasteiger partial charge >= 0.3 is 6.09 Å². The Hall–Kier alpha value is -2.11. The summed E-state index contributed by atoms with van der Waals surface area (Å²) in [6.07, 6.45) is 0.383. The summed E-state index contributed by atoms with van der Waals surface area (Å²) in [6, 6.07) is 14.1. The largest absolute Gasteiger partial charge is 0.443 e. The van der Waals surface area contributed by atoms with E-state index in [0.717, 1.165) is 29.2 Å². The number of carbonyl (C=O) groups excluding carboxylic acids is 1. The molecule has 2 aromatic rings. The molecule has 0 aliphatic carbocycles. The lowest BCUT2D eigenvalue weighted by molar-refractivity contribution is -0.220. The molecule has 1 amide bonds. The molecule has 1 aliphatic rings. The van der Waals surface area contributed by atoms with E-state index in [4.69, 9.17) is 14.2 Å². The molecule has 3 rings (SSSR count). The number of hydrogen-bond acceptors (Lipinski definition) is 4. The molecule has 0 radical (unpaired) electrons. The first-order valence-electron chi connectivity index (χ1n) is 10.2. The highest BCUT2D eigenvalue weighted by atomic mass is 16.7. The predicted octanol–water partition coefficient (Wildman–Crippen LogP) is 5.19. The van der Waals surface area contributed by atoms with E-state index in [0.29, 0.717) is 12.5 Å². The van der Waals surface area contributed by atoms with Crippen LogP contribution >= 0.6 is 0 Å². The van der Waals surface area contributed by atoms with Crippen LogP contribution in [0.1, 0.15) is 52.1 Å². The van der Waals surface area contributed by atoms with Crippen molar-refractivity contribution in [1.82, 2.24) is 5.32 Å². The van der Waals surface area contributed by atoms with Gasteiger partial charge in [-0.2, -0.15) is 0 Å². The second kappa shape index (κ2) is 9.39. The van der Waals surface area contributed by atoms with E-state index >= 15 is 0 Å². The predicted molar refractivity (Wildman–Crippen MR) is 110 cm³/mol. The molecule has 1 aliphatic heterocycles. The van der Waals surface area contributed by atoms with Crippen LogP contribution < -0.4 is 5.32 Å². The summed E-state index contributed by atoms with van der Waals surface area (Å²) in [5, 5.41) is 5.25. The Balaban J connectivity index is 1.54. The van der Waals surface area contributed by atoms with E-state index < -0.39 is 6.09 Å². The first kappa shape index (κ1) is 20.6. The quantitative estimate of drug-likeness (QED) is 0.743. The van der Waals surface area contributed by atoms with Crippen molar-refractivity contribution in [2.24, 2.45) is 5.92 Å². The minimum absolute atomic E-state index is 0.152. The third-order valence-electron chi connectivity index (χ3n) is 5.07. The minimum Gasteiger partial charge on any atom is -0.443 e. The fraction of sp³-hybridized carbons (Fsp3) is 0.522. The molecule has 152 valence electrons. The SMILES string of the molecule is CC(C)CO[C@H]1CC[C@H](OC(=O)N[C@H](C)c2cccc3ccccc23)[C@@H](C)O1. The summed E-state index contributed by atoms with van der Waals surface area (Å²) < 4.78 is 17.3. The van der Waals surface area contributed by atoms with Crippen LogP contribution in [0.25, 0.3) is 10.8 Å². The van der Waals surface area contributed by atoms with Gasteiger partial charge in [0.25, 0.3) is 0 Å². The molecule has 0 bridgehead atoms. The van der Waals surface area contributed by atoms with Gasteiger partial charge in [-0.15, -0.1) is 0 Å². The van der Waals surface area contributed by atoms with Gasteiger partial charge in [-0.3, -0.25) is 0 Å². The van der Waals surface area contributed by atoms with Crippen molar-refractivity contribution < 1.29 is 19.0 Å². The lowest BCUT2D eigenvalue weighted by Crippen LogP contribution is -2.43. The van der Waals surface area contributed by atoms with Crippen LogP contribution in [0.15, 0.2) is 42.5 Å². The lowest BCUT2D eigenvalue weighted by atomic mass is 10.00. The Morgan fingerprint density at radius 3 is 2.64 bits per heavy atom. The minimum atomic E-state index is -0.414. The average Bonchev–Trinajstić information content (AvgIpc) is 2.67. The second-order valence-electron chi connectivity index (χ2n) is 7.95. The second-order valence-corrected chi connectivity index (χ2v) is 7.95. The molecule has 5 nitrogen and oxygen atoms in total. The van der Waals surface area contributed by atoms with Crippen molar-refractivity contribution in [2.45, 2.75) is 65.1 Å². The molecule has 0 saturated carbocycles. The summed E-state index contributed by atoms with van der Waals surface area (Å²) in [6.45, 7) is 8.79. The molecular formula is C23H31NO4. The van der Waals surface area contributed by atoms with Gasteiger partial charge < -0.3 is 19.5 Å². The Morgan fingerprint density at radius 1 is 1.14 bits per heavy atom. The van der Waals surface area contributed by atoms with E-state index in [-0.39, 0.29) is 24.5 Å². The maximum atomic E-state index is 12.5. The molecule has 2 aromatic carbocycles. The fourth-order valence-corrected chi connectivity index (χ4v) is 3.56. The van der Waals surface area contributed by atoms with Gasteiger partial charge in [0.1, 0.15) is 6.10 Å². The molecule has 0 unspecified atom stereocenters. The van der Waals surface area contributed by atoms with Crippen LogP contribution in [0, 0.1) is 5.92 Å². The summed E-state index contributed by atoms with van der Waals surface area (Å²) in [5.41, 5.74) is 1.07. The zero-order valence-corrected chi connectivity index (χ0v) is 17.2. The van der Waals surface area contributed by atoms with Crippen LogP contribution in [0.2, 0.25) is 0 Å². The zero-order chi connectivity index (χ0) is 20.1. The molecule has 1 saturated heterocycles.